The Labute approximate surface area is 234 Å². The molecule has 216 valence electrons. The molecule has 11 heteroatoms. The molecule has 0 radical (unpaired) electrons. The van der Waals surface area contributed by atoms with Gasteiger partial charge in [-0.1, -0.05) is 25.1 Å². The minimum absolute atomic E-state index is 0.0251. The van der Waals surface area contributed by atoms with Crippen LogP contribution in [0.25, 0.3) is 0 Å². The van der Waals surface area contributed by atoms with Crippen LogP contribution in [0.4, 0.5) is 15.3 Å². The molecule has 4 amide bonds. The van der Waals surface area contributed by atoms with E-state index < -0.39 is 29.8 Å². The van der Waals surface area contributed by atoms with Crippen LogP contribution in [0.3, 0.4) is 0 Å². The summed E-state index contributed by atoms with van der Waals surface area (Å²) < 4.78 is 10.5. The number of carbonyl (C=O) groups excluding carboxylic acids is 4. The van der Waals surface area contributed by atoms with Gasteiger partial charge < -0.3 is 35.4 Å². The first-order valence-corrected chi connectivity index (χ1v) is 13.3. The molecule has 0 saturated heterocycles. The normalized spacial score (nSPS) is 17.2. The fourth-order valence-corrected chi connectivity index (χ4v) is 4.35. The standard InChI is InChI=1S/C29H38N4O7/c1-6-25(35)33-18(2)15-23(22-9-7-8-10-24(22)33)32-28(38)39-21-13-11-19(12-14-21)26(36)30-16-20(34)17-31-27(37)40-29(3,4)5/h7-14,18,20,23,34H,6,15-17H2,1-5H3,(H,30,36)(H,31,37)(H,32,38)/t18-,20?,23+/m0/s1. The lowest BCUT2D eigenvalue weighted by atomic mass is 9.91. The fourth-order valence-electron chi connectivity index (χ4n) is 4.35. The smallest absolute Gasteiger partial charge is 0.413 e. The van der Waals surface area contributed by atoms with Crippen molar-refractivity contribution in [3.05, 3.63) is 59.7 Å². The summed E-state index contributed by atoms with van der Waals surface area (Å²) in [5.74, 6) is -0.168. The highest BCUT2D eigenvalue weighted by Gasteiger charge is 2.34. The molecule has 2 aromatic rings. The molecule has 1 unspecified atom stereocenters. The number of nitrogens with one attached hydrogen (secondary N) is 3. The number of aliphatic hydroxyl groups is 1. The van der Waals surface area contributed by atoms with Crippen LogP contribution in [0, 0.1) is 0 Å². The van der Waals surface area contributed by atoms with E-state index >= 15 is 0 Å². The number of rotatable bonds is 8. The van der Waals surface area contributed by atoms with E-state index in [1.54, 1.807) is 25.7 Å². The van der Waals surface area contributed by atoms with Crippen molar-refractivity contribution in [1.82, 2.24) is 16.0 Å². The van der Waals surface area contributed by atoms with Gasteiger partial charge in [0.1, 0.15) is 11.4 Å². The van der Waals surface area contributed by atoms with Crippen LogP contribution in [0.2, 0.25) is 0 Å². The first kappa shape index (κ1) is 30.4. The molecule has 0 bridgehead atoms. The highest BCUT2D eigenvalue weighted by molar-refractivity contribution is 5.95. The predicted octanol–water partition coefficient (Wildman–Crippen LogP) is 3.67. The summed E-state index contributed by atoms with van der Waals surface area (Å²) in [5.41, 5.74) is 1.27. The number of aliphatic hydroxyl groups excluding tert-OH is 1. The van der Waals surface area contributed by atoms with E-state index in [0.29, 0.717) is 18.4 Å². The number of fused-ring (bicyclic) bond motifs is 1. The van der Waals surface area contributed by atoms with Gasteiger partial charge in [0.05, 0.1) is 12.1 Å². The Morgan fingerprint density at radius 1 is 1.00 bits per heavy atom. The molecule has 1 aliphatic heterocycles. The molecule has 0 spiro atoms. The van der Waals surface area contributed by atoms with Crippen molar-refractivity contribution in [2.24, 2.45) is 0 Å². The summed E-state index contributed by atoms with van der Waals surface area (Å²) in [7, 11) is 0. The third-order valence-corrected chi connectivity index (χ3v) is 6.16. The zero-order valence-electron chi connectivity index (χ0n) is 23.5. The maximum atomic E-state index is 12.7. The lowest BCUT2D eigenvalue weighted by Gasteiger charge is -2.39. The number of alkyl carbamates (subject to hydrolysis) is 1. The Balaban J connectivity index is 1.50. The van der Waals surface area contributed by atoms with E-state index in [9.17, 15) is 24.3 Å². The van der Waals surface area contributed by atoms with E-state index in [1.807, 2.05) is 38.1 Å². The maximum absolute atomic E-state index is 12.7. The van der Waals surface area contributed by atoms with Crippen LogP contribution in [-0.2, 0) is 9.53 Å². The molecule has 11 nitrogen and oxygen atoms in total. The molecule has 0 saturated carbocycles. The van der Waals surface area contributed by atoms with Crippen LogP contribution in [0.15, 0.2) is 48.5 Å². The second-order valence-corrected chi connectivity index (χ2v) is 10.6. The molecule has 1 aliphatic rings. The van der Waals surface area contributed by atoms with Crippen LogP contribution < -0.4 is 25.6 Å². The van der Waals surface area contributed by atoms with Crippen molar-refractivity contribution in [2.75, 3.05) is 18.0 Å². The number of nitrogens with zero attached hydrogens (tertiary/aromatic N) is 1. The van der Waals surface area contributed by atoms with Crippen LogP contribution >= 0.6 is 0 Å². The van der Waals surface area contributed by atoms with Gasteiger partial charge in [-0.25, -0.2) is 9.59 Å². The Morgan fingerprint density at radius 2 is 1.65 bits per heavy atom. The van der Waals surface area contributed by atoms with Gasteiger partial charge >= 0.3 is 12.2 Å². The number of hydrogen-bond donors (Lipinski definition) is 4. The molecule has 0 fully saturated rings. The minimum atomic E-state index is -1.01. The van der Waals surface area contributed by atoms with E-state index in [-0.39, 0.29) is 36.8 Å². The molecule has 40 heavy (non-hydrogen) atoms. The summed E-state index contributed by atoms with van der Waals surface area (Å²) in [6, 6.07) is 13.0. The van der Waals surface area contributed by atoms with Gasteiger partial charge in [-0.3, -0.25) is 9.59 Å². The zero-order valence-corrected chi connectivity index (χ0v) is 23.5. The third kappa shape index (κ3) is 8.44. The van der Waals surface area contributed by atoms with Gasteiger partial charge in [0.25, 0.3) is 5.91 Å². The first-order valence-electron chi connectivity index (χ1n) is 13.3. The first-order chi connectivity index (χ1) is 18.9. The molecule has 1 heterocycles. The zero-order chi connectivity index (χ0) is 29.4. The predicted molar refractivity (Wildman–Crippen MR) is 149 cm³/mol. The second kappa shape index (κ2) is 13.3. The molecular weight excluding hydrogens is 516 g/mol. The van der Waals surface area contributed by atoms with Crippen molar-refractivity contribution < 1.29 is 33.8 Å². The fraction of sp³-hybridized carbons (Fsp3) is 0.448. The molecule has 0 aliphatic carbocycles. The Bertz CT molecular complexity index is 1210. The number of ether oxygens (including phenoxy) is 2. The van der Waals surface area contributed by atoms with E-state index in [0.717, 1.165) is 11.3 Å². The van der Waals surface area contributed by atoms with Crippen molar-refractivity contribution in [2.45, 2.75) is 71.2 Å². The molecule has 3 rings (SSSR count). The van der Waals surface area contributed by atoms with Crippen molar-refractivity contribution in [3.8, 4) is 5.75 Å². The molecule has 0 aromatic heterocycles. The lowest BCUT2D eigenvalue weighted by molar-refractivity contribution is -0.118. The SMILES string of the molecule is CCC(=O)N1c2ccccc2[C@H](NC(=O)Oc2ccc(C(=O)NCC(O)CNC(=O)OC(C)(C)C)cc2)C[C@@H]1C. The summed E-state index contributed by atoms with van der Waals surface area (Å²) in [6.07, 6.45) is -1.40. The highest BCUT2D eigenvalue weighted by Crippen LogP contribution is 2.37. The van der Waals surface area contributed by atoms with Crippen molar-refractivity contribution in [3.63, 3.8) is 0 Å². The summed E-state index contributed by atoms with van der Waals surface area (Å²) >= 11 is 0. The Kier molecular flexibility index (Phi) is 10.1. The monoisotopic (exact) mass is 554 g/mol. The number of para-hydroxylation sites is 1. The van der Waals surface area contributed by atoms with Crippen LogP contribution in [0.1, 0.15) is 69.4 Å². The molecule has 2 aromatic carbocycles. The topological polar surface area (TPSA) is 146 Å². The van der Waals surface area contributed by atoms with E-state index in [2.05, 4.69) is 16.0 Å². The third-order valence-electron chi connectivity index (χ3n) is 6.16. The highest BCUT2D eigenvalue weighted by atomic mass is 16.6. The minimum Gasteiger partial charge on any atom is -0.444 e. The molecular formula is C29H38N4O7. The average molecular weight is 555 g/mol. The summed E-state index contributed by atoms with van der Waals surface area (Å²) in [6.45, 7) is 8.79. The van der Waals surface area contributed by atoms with Gasteiger partial charge in [-0.05, 0) is 70.0 Å². The molecule has 3 atom stereocenters. The van der Waals surface area contributed by atoms with Gasteiger partial charge in [0, 0.05) is 36.8 Å². The second-order valence-electron chi connectivity index (χ2n) is 10.6. The average Bonchev–Trinajstić information content (AvgIpc) is 2.89. The van der Waals surface area contributed by atoms with Crippen molar-refractivity contribution in [1.29, 1.82) is 0 Å². The number of carbonyl (C=O) groups is 4. The van der Waals surface area contributed by atoms with Gasteiger partial charge in [0.15, 0.2) is 0 Å². The number of anilines is 1. The van der Waals surface area contributed by atoms with E-state index in [4.69, 9.17) is 9.47 Å². The van der Waals surface area contributed by atoms with Crippen LogP contribution in [0.5, 0.6) is 5.75 Å². The maximum Gasteiger partial charge on any atom is 0.413 e. The number of hydrogen-bond acceptors (Lipinski definition) is 7. The Morgan fingerprint density at radius 3 is 2.30 bits per heavy atom. The summed E-state index contributed by atoms with van der Waals surface area (Å²) in [5, 5.41) is 17.9. The number of benzene rings is 2. The van der Waals surface area contributed by atoms with E-state index in [1.165, 1.54) is 24.3 Å². The lowest BCUT2D eigenvalue weighted by Crippen LogP contribution is -2.46. The van der Waals surface area contributed by atoms with Gasteiger partial charge in [-0.2, -0.15) is 0 Å². The van der Waals surface area contributed by atoms with Gasteiger partial charge in [0.2, 0.25) is 5.91 Å². The van der Waals surface area contributed by atoms with Crippen molar-refractivity contribution >= 4 is 29.7 Å². The number of amides is 4. The van der Waals surface area contributed by atoms with Gasteiger partial charge in [-0.15, -0.1) is 0 Å². The van der Waals surface area contributed by atoms with Crippen LogP contribution in [-0.4, -0.2) is 59.9 Å². The molecule has 4 N–H and O–H groups in total. The Hall–Kier alpha value is -4.12. The summed E-state index contributed by atoms with van der Waals surface area (Å²) in [4.78, 5) is 51.1. The largest absolute Gasteiger partial charge is 0.444 e. The quantitative estimate of drug-likeness (QED) is 0.389.